The van der Waals surface area contributed by atoms with Gasteiger partial charge in [0.15, 0.2) is 5.25 Å². The summed E-state index contributed by atoms with van der Waals surface area (Å²) in [6.45, 7) is 4.32. The summed E-state index contributed by atoms with van der Waals surface area (Å²) in [6.07, 6.45) is 0. The molecule has 19 heavy (non-hydrogen) atoms. The fraction of sp³-hybridized carbons (Fsp3) is 0.462. The first-order valence-corrected chi connectivity index (χ1v) is 7.69. The third-order valence-electron chi connectivity index (χ3n) is 3.28. The van der Waals surface area contributed by atoms with Crippen molar-refractivity contribution in [3.05, 3.63) is 29.8 Å². The molecule has 1 aromatic carbocycles. The third-order valence-corrected chi connectivity index (χ3v) is 5.24. The van der Waals surface area contributed by atoms with E-state index in [4.69, 9.17) is 5.26 Å². The number of hydrogen-bond acceptors (Lipinski definition) is 4. The smallest absolute Gasteiger partial charge is 0.251 e. The molecular weight excluding hydrogens is 262 g/mol. The highest BCUT2D eigenvalue weighted by Crippen LogP contribution is 2.27. The van der Waals surface area contributed by atoms with Gasteiger partial charge >= 0.3 is 0 Å². The molecule has 0 aromatic heterocycles. The monoisotopic (exact) mass is 279 g/mol. The minimum Gasteiger partial charge on any atom is -0.308 e. The molecule has 0 bridgehead atoms. The largest absolute Gasteiger partial charge is 0.308 e. The second kappa shape index (κ2) is 5.19. The highest BCUT2D eigenvalue weighted by molar-refractivity contribution is 7.93. The molecule has 0 fully saturated rings. The van der Waals surface area contributed by atoms with E-state index in [1.807, 2.05) is 31.2 Å². The molecule has 5 nitrogen and oxygen atoms in total. The fourth-order valence-corrected chi connectivity index (χ4v) is 3.50. The minimum atomic E-state index is -3.65. The molecule has 2 atom stereocenters. The molecule has 102 valence electrons. The zero-order valence-electron chi connectivity index (χ0n) is 11.0. The van der Waals surface area contributed by atoms with Crippen molar-refractivity contribution >= 4 is 15.7 Å². The maximum absolute atomic E-state index is 12.5. The first-order valence-electron chi connectivity index (χ1n) is 6.19. The molecule has 0 saturated carbocycles. The number of sulfonamides is 1. The summed E-state index contributed by atoms with van der Waals surface area (Å²) >= 11 is 0. The number of hydrogen-bond donors (Lipinski definition) is 1. The number of nitrogens with zero attached hydrogens (tertiary/aromatic N) is 2. The van der Waals surface area contributed by atoms with E-state index >= 15 is 0 Å². The van der Waals surface area contributed by atoms with Gasteiger partial charge in [-0.05, 0) is 25.5 Å². The Morgan fingerprint density at radius 3 is 2.84 bits per heavy atom. The molecule has 0 radical (unpaired) electrons. The number of nitrogens with one attached hydrogen (secondary N) is 1. The summed E-state index contributed by atoms with van der Waals surface area (Å²) in [7, 11) is -3.65. The average Bonchev–Trinajstić information content (AvgIpc) is 2.58. The van der Waals surface area contributed by atoms with Gasteiger partial charge in [-0.3, -0.25) is 4.31 Å². The van der Waals surface area contributed by atoms with Crippen LogP contribution in [0, 0.1) is 11.3 Å². The van der Waals surface area contributed by atoms with Crippen molar-refractivity contribution in [1.82, 2.24) is 5.32 Å². The molecule has 1 heterocycles. The van der Waals surface area contributed by atoms with Crippen LogP contribution >= 0.6 is 0 Å². The Balaban J connectivity index is 2.52. The maximum Gasteiger partial charge on any atom is 0.251 e. The average molecular weight is 279 g/mol. The molecule has 1 N–H and O–H groups in total. The zero-order chi connectivity index (χ0) is 14.0. The van der Waals surface area contributed by atoms with E-state index in [1.54, 1.807) is 6.07 Å². The van der Waals surface area contributed by atoms with Crippen LogP contribution in [0.3, 0.4) is 0 Å². The molecule has 2 unspecified atom stereocenters. The van der Waals surface area contributed by atoms with Crippen LogP contribution in [-0.2, 0) is 16.6 Å². The number of anilines is 1. The summed E-state index contributed by atoms with van der Waals surface area (Å²) in [5, 5.41) is 11.1. The lowest BCUT2D eigenvalue weighted by Crippen LogP contribution is -2.43. The SMILES string of the molecule is CC1CN(S(=O)(=O)C(C)C#N)c2ccccc2CN1. The summed E-state index contributed by atoms with van der Waals surface area (Å²) in [4.78, 5) is 0. The van der Waals surface area contributed by atoms with Gasteiger partial charge in [0.1, 0.15) is 0 Å². The van der Waals surface area contributed by atoms with Crippen LogP contribution < -0.4 is 9.62 Å². The normalized spacial score (nSPS) is 21.1. The summed E-state index contributed by atoms with van der Waals surface area (Å²) in [6, 6.07) is 9.24. The van der Waals surface area contributed by atoms with Crippen molar-refractivity contribution < 1.29 is 8.42 Å². The van der Waals surface area contributed by atoms with Gasteiger partial charge in [-0.25, -0.2) is 8.42 Å². The lowest BCUT2D eigenvalue weighted by molar-refractivity contribution is 0.554. The Kier molecular flexibility index (Phi) is 3.78. The van der Waals surface area contributed by atoms with Gasteiger partial charge in [-0.2, -0.15) is 5.26 Å². The van der Waals surface area contributed by atoms with Gasteiger partial charge in [-0.1, -0.05) is 18.2 Å². The van der Waals surface area contributed by atoms with E-state index in [-0.39, 0.29) is 6.04 Å². The minimum absolute atomic E-state index is 0.0352. The quantitative estimate of drug-likeness (QED) is 0.883. The Bertz CT molecular complexity index is 607. The number of nitriles is 1. The lowest BCUT2D eigenvalue weighted by Gasteiger charge is -2.26. The van der Waals surface area contributed by atoms with E-state index in [0.29, 0.717) is 18.8 Å². The first kappa shape index (κ1) is 13.8. The van der Waals surface area contributed by atoms with E-state index in [2.05, 4.69) is 5.32 Å². The highest BCUT2D eigenvalue weighted by atomic mass is 32.2. The molecule has 2 rings (SSSR count). The van der Waals surface area contributed by atoms with Gasteiger partial charge in [-0.15, -0.1) is 0 Å². The van der Waals surface area contributed by atoms with Crippen molar-refractivity contribution in [3.8, 4) is 6.07 Å². The Hall–Kier alpha value is -1.58. The molecule has 1 aliphatic heterocycles. The topological polar surface area (TPSA) is 73.2 Å². The molecule has 0 saturated heterocycles. The highest BCUT2D eigenvalue weighted by Gasteiger charge is 2.32. The van der Waals surface area contributed by atoms with E-state index in [1.165, 1.54) is 11.2 Å². The first-order chi connectivity index (χ1) is 8.96. The van der Waals surface area contributed by atoms with Crippen molar-refractivity contribution in [3.63, 3.8) is 0 Å². The van der Waals surface area contributed by atoms with Gasteiger partial charge in [0, 0.05) is 19.1 Å². The number of benzene rings is 1. The summed E-state index contributed by atoms with van der Waals surface area (Å²) < 4.78 is 26.3. The van der Waals surface area contributed by atoms with Crippen LogP contribution in [0.2, 0.25) is 0 Å². The standard InChI is InChI=1S/C13H17N3O2S/c1-10-9-16(19(17,18)11(2)7-14)13-6-4-3-5-12(13)8-15-10/h3-6,10-11,15H,8-9H2,1-2H3. The predicted molar refractivity (Wildman–Crippen MR) is 74.1 cm³/mol. The van der Waals surface area contributed by atoms with Crippen LogP contribution in [0.5, 0.6) is 0 Å². The van der Waals surface area contributed by atoms with Gasteiger partial charge in [0.25, 0.3) is 10.0 Å². The Labute approximate surface area is 113 Å². The summed E-state index contributed by atoms with van der Waals surface area (Å²) in [5.74, 6) is 0. The van der Waals surface area contributed by atoms with Crippen LogP contribution in [0.25, 0.3) is 0 Å². The summed E-state index contributed by atoms with van der Waals surface area (Å²) in [5.41, 5.74) is 1.60. The second-order valence-corrected chi connectivity index (χ2v) is 6.94. The van der Waals surface area contributed by atoms with Crippen molar-refractivity contribution in [1.29, 1.82) is 5.26 Å². The van der Waals surface area contributed by atoms with Crippen LogP contribution in [0.1, 0.15) is 19.4 Å². The third kappa shape index (κ3) is 2.57. The molecule has 0 spiro atoms. The fourth-order valence-electron chi connectivity index (χ4n) is 2.10. The lowest BCUT2D eigenvalue weighted by atomic mass is 10.2. The van der Waals surface area contributed by atoms with Gasteiger partial charge in [0.2, 0.25) is 0 Å². The molecule has 1 aromatic rings. The number of fused-ring (bicyclic) bond motifs is 1. The van der Waals surface area contributed by atoms with E-state index in [9.17, 15) is 8.42 Å². The van der Waals surface area contributed by atoms with E-state index < -0.39 is 15.3 Å². The number of rotatable bonds is 2. The Morgan fingerprint density at radius 1 is 1.47 bits per heavy atom. The predicted octanol–water partition coefficient (Wildman–Crippen LogP) is 1.23. The second-order valence-electron chi connectivity index (χ2n) is 4.76. The van der Waals surface area contributed by atoms with Crippen LogP contribution in [0.15, 0.2) is 24.3 Å². The van der Waals surface area contributed by atoms with E-state index in [0.717, 1.165) is 5.56 Å². The molecule has 0 amide bonds. The number of para-hydroxylation sites is 1. The van der Waals surface area contributed by atoms with Crippen molar-refractivity contribution in [2.45, 2.75) is 31.7 Å². The van der Waals surface area contributed by atoms with Crippen LogP contribution in [0.4, 0.5) is 5.69 Å². The molecule has 0 aliphatic carbocycles. The Morgan fingerprint density at radius 2 is 2.16 bits per heavy atom. The van der Waals surface area contributed by atoms with Gasteiger partial charge in [0.05, 0.1) is 11.8 Å². The molecular formula is C13H17N3O2S. The molecule has 1 aliphatic rings. The van der Waals surface area contributed by atoms with Crippen molar-refractivity contribution in [2.75, 3.05) is 10.8 Å². The zero-order valence-corrected chi connectivity index (χ0v) is 11.8. The van der Waals surface area contributed by atoms with Crippen LogP contribution in [-0.4, -0.2) is 26.3 Å². The van der Waals surface area contributed by atoms with Gasteiger partial charge < -0.3 is 5.32 Å². The maximum atomic E-state index is 12.5. The van der Waals surface area contributed by atoms with Crippen molar-refractivity contribution in [2.24, 2.45) is 0 Å². The molecule has 6 heteroatoms.